The highest BCUT2D eigenvalue weighted by atomic mass is 16.6. The second-order valence-corrected chi connectivity index (χ2v) is 2.62. The van der Waals surface area contributed by atoms with Crippen LogP contribution in [0, 0.1) is 0 Å². The van der Waals surface area contributed by atoms with E-state index in [-0.39, 0.29) is 0 Å². The van der Waals surface area contributed by atoms with Gasteiger partial charge in [0.15, 0.2) is 18.3 Å². The molecule has 4 atom stereocenters. The Morgan fingerprint density at radius 1 is 1.46 bits per heavy atom. The van der Waals surface area contributed by atoms with E-state index in [0.29, 0.717) is 0 Å². The van der Waals surface area contributed by atoms with Crippen LogP contribution in [0.25, 0.3) is 0 Å². The van der Waals surface area contributed by atoms with Crippen molar-refractivity contribution in [2.24, 2.45) is 0 Å². The van der Waals surface area contributed by atoms with E-state index in [1.807, 2.05) is 0 Å². The van der Waals surface area contributed by atoms with Crippen molar-refractivity contribution in [1.82, 2.24) is 0 Å². The maximum absolute atomic E-state index is 10.6. The number of carboxylic acids is 1. The second-order valence-electron chi connectivity index (χ2n) is 2.62. The van der Waals surface area contributed by atoms with Gasteiger partial charge in [0.05, 0.1) is 0 Å². The lowest BCUT2D eigenvalue weighted by molar-refractivity contribution is -0.161. The molecule has 4 N–H and O–H groups in total. The van der Waals surface area contributed by atoms with E-state index < -0.39 is 36.4 Å². The molecule has 1 heterocycles. The number of carboxylic acid groups (broad SMARTS) is 1. The SMILES string of the molecule is O=C1O[C@@H]([C@@H](O)C(=O)O)[C@@H](O)[C@@H]1O. The topological polar surface area (TPSA) is 124 Å². The summed E-state index contributed by atoms with van der Waals surface area (Å²) >= 11 is 0. The summed E-state index contributed by atoms with van der Waals surface area (Å²) in [7, 11) is 0. The number of aliphatic hydroxyl groups is 3. The quantitative estimate of drug-likeness (QED) is 0.345. The van der Waals surface area contributed by atoms with Crippen molar-refractivity contribution in [2.45, 2.75) is 24.4 Å². The molecule has 74 valence electrons. The first kappa shape index (κ1) is 9.90. The van der Waals surface area contributed by atoms with Crippen molar-refractivity contribution < 1.29 is 34.8 Å². The third kappa shape index (κ3) is 1.62. The van der Waals surface area contributed by atoms with Gasteiger partial charge in [0.1, 0.15) is 6.10 Å². The number of carbonyl (C=O) groups excluding carboxylic acids is 1. The van der Waals surface area contributed by atoms with Crippen LogP contribution in [0.2, 0.25) is 0 Å². The molecule has 0 amide bonds. The summed E-state index contributed by atoms with van der Waals surface area (Å²) < 4.78 is 4.24. The summed E-state index contributed by atoms with van der Waals surface area (Å²) in [6.45, 7) is 0. The zero-order valence-corrected chi connectivity index (χ0v) is 6.32. The Labute approximate surface area is 72.2 Å². The molecule has 7 heteroatoms. The van der Waals surface area contributed by atoms with Crippen LogP contribution in [-0.2, 0) is 14.3 Å². The van der Waals surface area contributed by atoms with Crippen LogP contribution in [0.4, 0.5) is 0 Å². The highest BCUT2D eigenvalue weighted by Gasteiger charge is 2.48. The van der Waals surface area contributed by atoms with Gasteiger partial charge in [-0.05, 0) is 0 Å². The number of cyclic esters (lactones) is 1. The van der Waals surface area contributed by atoms with Gasteiger partial charge in [0, 0.05) is 0 Å². The average molecular weight is 192 g/mol. The average Bonchev–Trinajstić information content (AvgIpc) is 2.31. The van der Waals surface area contributed by atoms with Gasteiger partial charge in [0.25, 0.3) is 0 Å². The van der Waals surface area contributed by atoms with Crippen molar-refractivity contribution in [3.05, 3.63) is 0 Å². The molecule has 1 saturated heterocycles. The van der Waals surface area contributed by atoms with Crippen molar-refractivity contribution in [1.29, 1.82) is 0 Å². The number of aliphatic hydroxyl groups excluding tert-OH is 3. The highest BCUT2D eigenvalue weighted by molar-refractivity contribution is 5.80. The lowest BCUT2D eigenvalue weighted by Crippen LogP contribution is -2.42. The first-order valence-electron chi connectivity index (χ1n) is 3.42. The van der Waals surface area contributed by atoms with Crippen molar-refractivity contribution >= 4 is 11.9 Å². The lowest BCUT2D eigenvalue weighted by Gasteiger charge is -2.15. The van der Waals surface area contributed by atoms with Gasteiger partial charge in [-0.25, -0.2) is 9.59 Å². The van der Waals surface area contributed by atoms with Crippen LogP contribution in [0.1, 0.15) is 0 Å². The van der Waals surface area contributed by atoms with Crippen LogP contribution in [0.5, 0.6) is 0 Å². The number of rotatable bonds is 2. The molecule has 1 aliphatic rings. The minimum absolute atomic E-state index is 1.14. The van der Waals surface area contributed by atoms with Crippen molar-refractivity contribution in [3.8, 4) is 0 Å². The monoisotopic (exact) mass is 192 g/mol. The van der Waals surface area contributed by atoms with Crippen LogP contribution < -0.4 is 0 Å². The number of ether oxygens (including phenoxy) is 1. The molecular formula is C6H8O7. The Kier molecular flexibility index (Phi) is 2.50. The smallest absolute Gasteiger partial charge is 0.338 e. The van der Waals surface area contributed by atoms with Gasteiger partial charge in [0.2, 0.25) is 0 Å². The first-order chi connectivity index (χ1) is 5.95. The number of hydrogen-bond acceptors (Lipinski definition) is 6. The van der Waals surface area contributed by atoms with E-state index in [1.54, 1.807) is 0 Å². The van der Waals surface area contributed by atoms with Gasteiger partial charge < -0.3 is 25.2 Å². The van der Waals surface area contributed by atoms with Gasteiger partial charge in [-0.2, -0.15) is 0 Å². The van der Waals surface area contributed by atoms with Crippen molar-refractivity contribution in [2.75, 3.05) is 0 Å². The Morgan fingerprint density at radius 2 is 2.00 bits per heavy atom. The summed E-state index contributed by atoms with van der Waals surface area (Å²) in [6, 6.07) is 0. The maximum atomic E-state index is 10.6. The molecule has 7 nitrogen and oxygen atoms in total. The van der Waals surface area contributed by atoms with Gasteiger partial charge in [-0.15, -0.1) is 0 Å². The summed E-state index contributed by atoms with van der Waals surface area (Å²) in [5.74, 6) is -2.77. The lowest BCUT2D eigenvalue weighted by atomic mass is 10.1. The van der Waals surface area contributed by atoms with Crippen molar-refractivity contribution in [3.63, 3.8) is 0 Å². The minimum atomic E-state index is -2.03. The number of esters is 1. The highest BCUT2D eigenvalue weighted by Crippen LogP contribution is 2.18. The molecule has 0 aliphatic carbocycles. The molecule has 0 aromatic rings. The number of carbonyl (C=O) groups is 2. The summed E-state index contributed by atoms with van der Waals surface area (Å²) in [5.41, 5.74) is 0. The molecule has 0 aromatic heterocycles. The normalized spacial score (nSPS) is 35.6. The van der Waals surface area contributed by atoms with Crippen LogP contribution in [0.3, 0.4) is 0 Å². The van der Waals surface area contributed by atoms with E-state index in [1.165, 1.54) is 0 Å². The molecule has 0 unspecified atom stereocenters. The Bertz CT molecular complexity index is 237. The molecule has 0 aromatic carbocycles. The first-order valence-corrected chi connectivity index (χ1v) is 3.42. The molecule has 0 bridgehead atoms. The predicted octanol–water partition coefficient (Wildman–Crippen LogP) is -2.92. The molecule has 13 heavy (non-hydrogen) atoms. The van der Waals surface area contributed by atoms with Crippen LogP contribution in [-0.4, -0.2) is 56.8 Å². The van der Waals surface area contributed by atoms with Gasteiger partial charge in [-0.3, -0.25) is 0 Å². The molecule has 0 radical (unpaired) electrons. The maximum Gasteiger partial charge on any atom is 0.338 e. The van der Waals surface area contributed by atoms with E-state index >= 15 is 0 Å². The Hall–Kier alpha value is -1.18. The largest absolute Gasteiger partial charge is 0.479 e. The zero-order chi connectivity index (χ0) is 10.2. The van der Waals surface area contributed by atoms with E-state index in [0.717, 1.165) is 0 Å². The molecular weight excluding hydrogens is 184 g/mol. The fourth-order valence-electron chi connectivity index (χ4n) is 0.984. The fraction of sp³-hybridized carbons (Fsp3) is 0.667. The third-order valence-corrected chi connectivity index (χ3v) is 1.72. The van der Waals surface area contributed by atoms with Crippen LogP contribution in [0.15, 0.2) is 0 Å². The molecule has 1 rings (SSSR count). The zero-order valence-electron chi connectivity index (χ0n) is 6.32. The number of hydrogen-bond donors (Lipinski definition) is 4. The molecule has 1 fully saturated rings. The Balaban J connectivity index is 2.73. The summed E-state index contributed by atoms with van der Waals surface area (Å²) in [6.07, 6.45) is -7.14. The van der Waals surface area contributed by atoms with Gasteiger partial charge >= 0.3 is 11.9 Å². The molecule has 0 saturated carbocycles. The molecule has 1 aliphatic heterocycles. The van der Waals surface area contributed by atoms with E-state index in [4.69, 9.17) is 20.4 Å². The van der Waals surface area contributed by atoms with E-state index in [2.05, 4.69) is 4.74 Å². The number of aliphatic carboxylic acids is 1. The van der Waals surface area contributed by atoms with Gasteiger partial charge in [-0.1, -0.05) is 0 Å². The predicted molar refractivity (Wildman–Crippen MR) is 35.5 cm³/mol. The fourth-order valence-corrected chi connectivity index (χ4v) is 0.984. The van der Waals surface area contributed by atoms with Crippen LogP contribution >= 0.6 is 0 Å². The Morgan fingerprint density at radius 3 is 2.31 bits per heavy atom. The minimum Gasteiger partial charge on any atom is -0.479 e. The van der Waals surface area contributed by atoms with E-state index in [9.17, 15) is 9.59 Å². The standard InChI is InChI=1S/C6H8O7/c7-1-2(8)6(12)13-4(1)3(9)5(10)11/h1-4,7-9H,(H,10,11)/t1-,2-,3+,4+/m0/s1. The summed E-state index contributed by atoms with van der Waals surface area (Å²) in [4.78, 5) is 20.8. The summed E-state index contributed by atoms with van der Waals surface area (Å²) in [5, 5.41) is 35.0. The second kappa shape index (κ2) is 3.29. The third-order valence-electron chi connectivity index (χ3n) is 1.72. The molecule has 0 spiro atoms.